The van der Waals surface area contributed by atoms with E-state index in [0.29, 0.717) is 16.0 Å². The van der Waals surface area contributed by atoms with E-state index in [1.165, 1.54) is 37.7 Å². The van der Waals surface area contributed by atoms with Gasteiger partial charge in [-0.1, -0.05) is 0 Å². The second kappa shape index (κ2) is 6.38. The number of methoxy groups -OCH3 is 1. The number of amides is 1. The lowest BCUT2D eigenvalue weighted by atomic mass is 10.2. The summed E-state index contributed by atoms with van der Waals surface area (Å²) in [6.07, 6.45) is 3.69. The second-order valence-electron chi connectivity index (χ2n) is 4.08. The lowest BCUT2D eigenvalue weighted by molar-refractivity contribution is -0.605. The van der Waals surface area contributed by atoms with Crippen molar-refractivity contribution in [3.8, 4) is 11.5 Å². The first-order valence-corrected chi connectivity index (χ1v) is 5.99. The third-order valence-corrected chi connectivity index (χ3v) is 2.64. The largest absolute Gasteiger partial charge is 0.619 e. The van der Waals surface area contributed by atoms with Crippen LogP contribution < -0.4 is 14.9 Å². The number of nitrogens with zero attached hydrogens (tertiary/aromatic N) is 2. The van der Waals surface area contributed by atoms with E-state index >= 15 is 0 Å². The molecule has 0 aliphatic heterocycles. The molecule has 0 unspecified atom stereocenters. The van der Waals surface area contributed by atoms with E-state index in [4.69, 9.17) is 4.74 Å². The Labute approximate surface area is 120 Å². The molecule has 7 nitrogen and oxygen atoms in total. The molecule has 2 rings (SSSR count). The van der Waals surface area contributed by atoms with Crippen LogP contribution in [0.15, 0.2) is 47.8 Å². The molecule has 1 aromatic heterocycles. The monoisotopic (exact) mass is 287 g/mol. The van der Waals surface area contributed by atoms with E-state index in [9.17, 15) is 15.1 Å². The molecule has 0 aliphatic carbocycles. The van der Waals surface area contributed by atoms with Crippen LogP contribution in [-0.2, 0) is 0 Å². The van der Waals surface area contributed by atoms with Crippen LogP contribution in [0.4, 0.5) is 0 Å². The molecule has 1 heterocycles. The summed E-state index contributed by atoms with van der Waals surface area (Å²) in [7, 11) is 1.50. The lowest BCUT2D eigenvalue weighted by Crippen LogP contribution is -2.28. The van der Waals surface area contributed by atoms with Crippen LogP contribution in [0.2, 0.25) is 0 Å². The molecule has 0 bridgehead atoms. The molecule has 0 aliphatic rings. The number of benzene rings is 1. The number of phenolic OH excluding ortho intramolecular Hbond substituents is 1. The average molecular weight is 287 g/mol. The summed E-state index contributed by atoms with van der Waals surface area (Å²) in [6, 6.07) is 7.57. The van der Waals surface area contributed by atoms with Gasteiger partial charge >= 0.3 is 0 Å². The molecule has 2 N–H and O–H groups in total. The number of carbonyl (C=O) groups is 1. The minimum Gasteiger partial charge on any atom is -0.619 e. The fourth-order valence-electron chi connectivity index (χ4n) is 1.58. The first-order chi connectivity index (χ1) is 10.1. The molecule has 0 saturated heterocycles. The Bertz CT molecular complexity index is 686. The van der Waals surface area contributed by atoms with Crippen molar-refractivity contribution in [2.24, 2.45) is 5.10 Å². The first kappa shape index (κ1) is 14.3. The van der Waals surface area contributed by atoms with Gasteiger partial charge in [0.2, 0.25) is 0 Å². The number of aromatic hydroxyl groups is 1. The topological polar surface area (TPSA) is 97.9 Å². The van der Waals surface area contributed by atoms with E-state index in [0.717, 1.165) is 6.20 Å². The van der Waals surface area contributed by atoms with Crippen LogP contribution in [0.3, 0.4) is 0 Å². The zero-order valence-corrected chi connectivity index (χ0v) is 11.2. The quantitative estimate of drug-likeness (QED) is 0.376. The van der Waals surface area contributed by atoms with Gasteiger partial charge in [0.1, 0.15) is 17.1 Å². The number of nitrogens with one attached hydrogen (secondary N) is 1. The molecule has 0 saturated carbocycles. The molecule has 0 radical (unpaired) electrons. The van der Waals surface area contributed by atoms with E-state index in [-0.39, 0.29) is 11.3 Å². The smallest absolute Gasteiger partial charge is 0.277 e. The van der Waals surface area contributed by atoms with Crippen molar-refractivity contribution in [1.29, 1.82) is 0 Å². The first-order valence-electron chi connectivity index (χ1n) is 5.99. The highest BCUT2D eigenvalue weighted by molar-refractivity contribution is 5.94. The van der Waals surface area contributed by atoms with Gasteiger partial charge in [0, 0.05) is 11.6 Å². The van der Waals surface area contributed by atoms with Gasteiger partial charge in [-0.25, -0.2) is 5.43 Å². The molecule has 1 amide bonds. The number of hydrogen-bond acceptors (Lipinski definition) is 5. The van der Waals surface area contributed by atoms with Crippen LogP contribution in [0.25, 0.3) is 0 Å². The standard InChI is InChI=1S/C14H13N3O4/c1-21-12-4-5-13(18)11(7-12)8-15-16-14(19)10-3-2-6-17(20)9-10/h2-9,18H,1H3,(H,16,19)/b15-8+. The molecule has 0 fully saturated rings. The third kappa shape index (κ3) is 3.69. The summed E-state index contributed by atoms with van der Waals surface area (Å²) in [5.74, 6) is 0.0285. The maximum absolute atomic E-state index is 11.7. The fraction of sp³-hybridized carbons (Fsp3) is 0.0714. The number of hydrazone groups is 1. The maximum Gasteiger partial charge on any atom is 0.277 e. The molecule has 7 heteroatoms. The number of aromatic nitrogens is 1. The van der Waals surface area contributed by atoms with E-state index in [1.54, 1.807) is 12.1 Å². The molecule has 0 spiro atoms. The van der Waals surface area contributed by atoms with Gasteiger partial charge in [-0.3, -0.25) is 4.79 Å². The summed E-state index contributed by atoms with van der Waals surface area (Å²) >= 11 is 0. The Morgan fingerprint density at radius 1 is 1.48 bits per heavy atom. The highest BCUT2D eigenvalue weighted by Gasteiger charge is 2.07. The van der Waals surface area contributed by atoms with Crippen molar-refractivity contribution in [2.45, 2.75) is 0 Å². The van der Waals surface area contributed by atoms with E-state index < -0.39 is 5.91 Å². The second-order valence-corrected chi connectivity index (χ2v) is 4.08. The van der Waals surface area contributed by atoms with Gasteiger partial charge < -0.3 is 15.1 Å². The van der Waals surface area contributed by atoms with Gasteiger partial charge in [0.25, 0.3) is 5.91 Å². The number of carbonyl (C=O) groups excluding carboxylic acids is 1. The Hall–Kier alpha value is -3.09. The summed E-state index contributed by atoms with van der Waals surface area (Å²) in [4.78, 5) is 11.7. The zero-order valence-electron chi connectivity index (χ0n) is 11.2. The number of hydrogen-bond donors (Lipinski definition) is 2. The van der Waals surface area contributed by atoms with Crippen molar-refractivity contribution >= 4 is 12.1 Å². The van der Waals surface area contributed by atoms with Crippen molar-refractivity contribution in [2.75, 3.05) is 7.11 Å². The summed E-state index contributed by atoms with van der Waals surface area (Å²) < 4.78 is 5.54. The van der Waals surface area contributed by atoms with Crippen LogP contribution in [-0.4, -0.2) is 24.3 Å². The van der Waals surface area contributed by atoms with Gasteiger partial charge in [0.05, 0.1) is 13.3 Å². The summed E-state index contributed by atoms with van der Waals surface area (Å²) in [6.45, 7) is 0. The Balaban J connectivity index is 2.07. The zero-order chi connectivity index (χ0) is 15.2. The third-order valence-electron chi connectivity index (χ3n) is 2.64. The molecular formula is C14H13N3O4. The van der Waals surface area contributed by atoms with Gasteiger partial charge in [0.15, 0.2) is 12.4 Å². The minimum absolute atomic E-state index is 0.00547. The Morgan fingerprint density at radius 2 is 2.29 bits per heavy atom. The highest BCUT2D eigenvalue weighted by Crippen LogP contribution is 2.20. The molecule has 2 aromatic rings. The minimum atomic E-state index is -0.529. The summed E-state index contributed by atoms with van der Waals surface area (Å²) in [5, 5.41) is 24.4. The maximum atomic E-state index is 11.7. The van der Waals surface area contributed by atoms with Gasteiger partial charge in [-0.15, -0.1) is 0 Å². The van der Waals surface area contributed by atoms with Crippen molar-refractivity contribution in [3.63, 3.8) is 0 Å². The van der Waals surface area contributed by atoms with Crippen molar-refractivity contribution in [1.82, 2.24) is 5.43 Å². The lowest BCUT2D eigenvalue weighted by Gasteiger charge is -2.03. The van der Waals surface area contributed by atoms with Crippen molar-refractivity contribution in [3.05, 3.63) is 59.1 Å². The van der Waals surface area contributed by atoms with Crippen molar-refractivity contribution < 1.29 is 19.4 Å². The molecule has 108 valence electrons. The highest BCUT2D eigenvalue weighted by atomic mass is 16.5. The number of rotatable bonds is 4. The number of ether oxygens (including phenoxy) is 1. The molecule has 1 aromatic carbocycles. The van der Waals surface area contributed by atoms with E-state index in [2.05, 4.69) is 10.5 Å². The Kier molecular flexibility index (Phi) is 4.35. The van der Waals surface area contributed by atoms with Gasteiger partial charge in [-0.2, -0.15) is 9.83 Å². The number of phenols is 1. The predicted octanol–water partition coefficient (Wildman–Crippen LogP) is 0.798. The van der Waals surface area contributed by atoms with Crippen LogP contribution in [0, 0.1) is 5.21 Å². The van der Waals surface area contributed by atoms with E-state index in [1.807, 2.05) is 0 Å². The predicted molar refractivity (Wildman–Crippen MR) is 75.1 cm³/mol. The Morgan fingerprint density at radius 3 is 3.00 bits per heavy atom. The SMILES string of the molecule is COc1ccc(O)c(/C=N/NC(=O)c2ccc[n+]([O-])c2)c1. The van der Waals surface area contributed by atoms with Gasteiger partial charge in [-0.05, 0) is 24.3 Å². The van der Waals surface area contributed by atoms with Crippen LogP contribution >= 0.6 is 0 Å². The molecular weight excluding hydrogens is 274 g/mol. The van der Waals surface area contributed by atoms with Crippen LogP contribution in [0.1, 0.15) is 15.9 Å². The number of pyridine rings is 1. The summed E-state index contributed by atoms with van der Waals surface area (Å²) in [5.41, 5.74) is 2.84. The molecule has 0 atom stereocenters. The van der Waals surface area contributed by atoms with Crippen LogP contribution in [0.5, 0.6) is 11.5 Å². The average Bonchev–Trinajstić information content (AvgIpc) is 2.49. The molecule has 21 heavy (non-hydrogen) atoms. The fourth-order valence-corrected chi connectivity index (χ4v) is 1.58. The normalized spacial score (nSPS) is 10.5.